The number of anilines is 1. The van der Waals surface area contributed by atoms with E-state index in [4.69, 9.17) is 15.5 Å². The van der Waals surface area contributed by atoms with Crippen LogP contribution in [0.1, 0.15) is 24.5 Å². The predicted molar refractivity (Wildman–Crippen MR) is 142 cm³/mol. The first-order valence-electron chi connectivity index (χ1n) is 11.0. The van der Waals surface area contributed by atoms with Crippen LogP contribution in [-0.2, 0) is 14.3 Å². The van der Waals surface area contributed by atoms with Crippen molar-refractivity contribution >= 4 is 55.9 Å². The summed E-state index contributed by atoms with van der Waals surface area (Å²) in [5, 5.41) is 5.42. The second-order valence-corrected chi connectivity index (χ2v) is 9.85. The van der Waals surface area contributed by atoms with E-state index in [9.17, 15) is 9.59 Å². The van der Waals surface area contributed by atoms with Gasteiger partial charge in [-0.15, -0.1) is 0 Å². The van der Waals surface area contributed by atoms with Crippen molar-refractivity contribution < 1.29 is 14.3 Å². The maximum atomic E-state index is 13.1. The number of ether oxygens (including phenoxy) is 1. The summed E-state index contributed by atoms with van der Waals surface area (Å²) < 4.78 is 6.23. The van der Waals surface area contributed by atoms with E-state index in [1.165, 1.54) is 11.8 Å². The van der Waals surface area contributed by atoms with Crippen LogP contribution in [0.25, 0.3) is 0 Å². The van der Waals surface area contributed by atoms with Crippen molar-refractivity contribution in [2.24, 2.45) is 10.7 Å². The number of carbonyl (C=O) groups is 2. The molecule has 0 aliphatic carbocycles. The van der Waals surface area contributed by atoms with Crippen molar-refractivity contribution in [3.05, 3.63) is 69.3 Å². The number of nitrogens with zero attached hydrogens (tertiary/aromatic N) is 1. The Labute approximate surface area is 212 Å². The number of thioether (sulfide) groups is 1. The Morgan fingerprint density at radius 1 is 1.18 bits per heavy atom. The number of nitrogens with one attached hydrogen (secondary N) is 2. The van der Waals surface area contributed by atoms with E-state index in [0.29, 0.717) is 36.9 Å². The van der Waals surface area contributed by atoms with Crippen molar-refractivity contribution in [3.8, 4) is 0 Å². The highest BCUT2D eigenvalue weighted by atomic mass is 79.9. The second kappa shape index (κ2) is 12.2. The molecular weight excluding hydrogens is 516 g/mol. The zero-order valence-corrected chi connectivity index (χ0v) is 21.9. The molecule has 7 nitrogen and oxygen atoms in total. The molecule has 9 heteroatoms. The molecule has 1 atom stereocenters. The van der Waals surface area contributed by atoms with Gasteiger partial charge in [-0.05, 0) is 63.1 Å². The maximum absolute atomic E-state index is 13.1. The number of nitrogens with two attached hydrogens (primary N) is 1. The van der Waals surface area contributed by atoms with Gasteiger partial charge < -0.3 is 21.1 Å². The number of rotatable bonds is 9. The van der Waals surface area contributed by atoms with Gasteiger partial charge in [-0.25, -0.2) is 4.99 Å². The topological polar surface area (TPSA) is 106 Å². The Balaban J connectivity index is 1.86. The van der Waals surface area contributed by atoms with Gasteiger partial charge in [0.1, 0.15) is 10.3 Å². The minimum atomic E-state index is -0.766. The molecule has 2 amide bonds. The van der Waals surface area contributed by atoms with E-state index in [2.05, 4.69) is 26.6 Å². The third-order valence-electron chi connectivity index (χ3n) is 5.12. The Bertz CT molecular complexity index is 1120. The van der Waals surface area contributed by atoms with E-state index >= 15 is 0 Å². The normalized spacial score (nSPS) is 16.7. The fraction of sp³-hybridized carbons (Fsp3) is 0.320. The molecule has 0 saturated carbocycles. The van der Waals surface area contributed by atoms with E-state index in [1.807, 2.05) is 51.1 Å². The molecule has 3 rings (SSSR count). The lowest BCUT2D eigenvalue weighted by Crippen LogP contribution is -2.32. The Morgan fingerprint density at radius 3 is 2.59 bits per heavy atom. The molecule has 34 heavy (non-hydrogen) atoms. The minimum Gasteiger partial charge on any atom is -0.400 e. The number of carbonyl (C=O) groups excluding carboxylic acids is 2. The van der Waals surface area contributed by atoms with Crippen LogP contribution in [0.5, 0.6) is 0 Å². The molecule has 1 unspecified atom stereocenters. The van der Waals surface area contributed by atoms with Gasteiger partial charge in [0.05, 0.1) is 11.3 Å². The standard InChI is InChI=1S/C25H29BrN4O3S/c1-4-33-13-5-12-28-23(31)20-21(27)22(24(32)29-18-9-7-17(26)8-10-18)34-25(20)30-19-11-6-15(2)14-16(19)3/h6-11,14,22H,4-5,12-13,27H2,1-3H3,(H,28,31)(H,29,32). The average Bonchev–Trinajstić information content (AvgIpc) is 3.13. The third-order valence-corrected chi connectivity index (χ3v) is 6.87. The van der Waals surface area contributed by atoms with Crippen LogP contribution in [0.3, 0.4) is 0 Å². The molecule has 2 aromatic rings. The van der Waals surface area contributed by atoms with Gasteiger partial charge in [0.25, 0.3) is 5.91 Å². The van der Waals surface area contributed by atoms with Crippen molar-refractivity contribution in [1.82, 2.24) is 5.32 Å². The first-order valence-corrected chi connectivity index (χ1v) is 12.7. The Kier molecular flexibility index (Phi) is 9.32. The van der Waals surface area contributed by atoms with Gasteiger partial charge >= 0.3 is 0 Å². The maximum Gasteiger partial charge on any atom is 0.255 e. The molecule has 0 spiro atoms. The van der Waals surface area contributed by atoms with Crippen LogP contribution >= 0.6 is 27.7 Å². The van der Waals surface area contributed by atoms with E-state index < -0.39 is 5.25 Å². The number of aliphatic imine (C=N–C) groups is 1. The SMILES string of the molecule is CCOCCCNC(=O)C1=C(N)C(C(=O)Nc2ccc(Br)cc2)SC1=Nc1ccc(C)cc1C. The van der Waals surface area contributed by atoms with Gasteiger partial charge in [-0.3, -0.25) is 9.59 Å². The van der Waals surface area contributed by atoms with Crippen molar-refractivity contribution in [3.63, 3.8) is 0 Å². The van der Waals surface area contributed by atoms with Crippen LogP contribution in [0.2, 0.25) is 0 Å². The van der Waals surface area contributed by atoms with Crippen molar-refractivity contribution in [2.75, 3.05) is 25.1 Å². The van der Waals surface area contributed by atoms with E-state index in [-0.39, 0.29) is 23.1 Å². The van der Waals surface area contributed by atoms with Crippen LogP contribution in [0.4, 0.5) is 11.4 Å². The molecule has 0 fully saturated rings. The lowest BCUT2D eigenvalue weighted by molar-refractivity contribution is -0.117. The first kappa shape index (κ1) is 26.0. The van der Waals surface area contributed by atoms with Crippen LogP contribution in [-0.4, -0.2) is 41.9 Å². The molecule has 1 aliphatic rings. The van der Waals surface area contributed by atoms with Gasteiger partial charge in [0.15, 0.2) is 0 Å². The number of amides is 2. The van der Waals surface area contributed by atoms with Crippen molar-refractivity contribution in [2.45, 2.75) is 32.4 Å². The van der Waals surface area contributed by atoms with Crippen molar-refractivity contribution in [1.29, 1.82) is 0 Å². The molecule has 180 valence electrons. The molecule has 0 bridgehead atoms. The molecular formula is C25H29BrN4O3S. The molecule has 2 aromatic carbocycles. The van der Waals surface area contributed by atoms with E-state index in [0.717, 1.165) is 21.3 Å². The Morgan fingerprint density at radius 2 is 1.91 bits per heavy atom. The summed E-state index contributed by atoms with van der Waals surface area (Å²) in [6, 6.07) is 13.1. The van der Waals surface area contributed by atoms with Crippen LogP contribution in [0, 0.1) is 13.8 Å². The van der Waals surface area contributed by atoms with Gasteiger partial charge in [-0.1, -0.05) is 45.4 Å². The highest BCUT2D eigenvalue weighted by Gasteiger charge is 2.38. The number of aryl methyl sites for hydroxylation is 2. The molecule has 1 aliphatic heterocycles. The summed E-state index contributed by atoms with van der Waals surface area (Å²) >= 11 is 4.57. The summed E-state index contributed by atoms with van der Waals surface area (Å²) in [5.74, 6) is -0.652. The van der Waals surface area contributed by atoms with Gasteiger partial charge in [-0.2, -0.15) is 0 Å². The molecule has 1 heterocycles. The highest BCUT2D eigenvalue weighted by molar-refractivity contribution is 9.10. The zero-order chi connectivity index (χ0) is 24.7. The Hall–Kier alpha value is -2.62. The largest absolute Gasteiger partial charge is 0.400 e. The number of halogens is 1. The summed E-state index contributed by atoms with van der Waals surface area (Å²) in [4.78, 5) is 30.9. The summed E-state index contributed by atoms with van der Waals surface area (Å²) in [5.41, 5.74) is 10.3. The highest BCUT2D eigenvalue weighted by Crippen LogP contribution is 2.36. The van der Waals surface area contributed by atoms with Crippen LogP contribution in [0.15, 0.2) is 63.2 Å². The summed E-state index contributed by atoms with van der Waals surface area (Å²) in [7, 11) is 0. The zero-order valence-electron chi connectivity index (χ0n) is 19.5. The smallest absolute Gasteiger partial charge is 0.255 e. The van der Waals surface area contributed by atoms with Crippen LogP contribution < -0.4 is 16.4 Å². The van der Waals surface area contributed by atoms with Gasteiger partial charge in [0.2, 0.25) is 5.91 Å². The second-order valence-electron chi connectivity index (χ2n) is 7.84. The minimum absolute atomic E-state index is 0.199. The average molecular weight is 546 g/mol. The number of hydrogen-bond acceptors (Lipinski definition) is 6. The molecule has 0 radical (unpaired) electrons. The fourth-order valence-corrected chi connectivity index (χ4v) is 4.76. The van der Waals surface area contributed by atoms with Gasteiger partial charge in [0, 0.05) is 35.6 Å². The molecule has 0 aromatic heterocycles. The lowest BCUT2D eigenvalue weighted by atomic mass is 10.1. The first-order chi connectivity index (χ1) is 16.3. The quantitative estimate of drug-likeness (QED) is 0.400. The molecule has 4 N–H and O–H groups in total. The monoisotopic (exact) mass is 544 g/mol. The molecule has 0 saturated heterocycles. The third kappa shape index (κ3) is 6.71. The summed E-state index contributed by atoms with van der Waals surface area (Å²) in [6.45, 7) is 7.52. The number of benzene rings is 2. The number of hydrogen-bond donors (Lipinski definition) is 3. The predicted octanol–water partition coefficient (Wildman–Crippen LogP) is 4.61. The van der Waals surface area contributed by atoms with E-state index in [1.54, 1.807) is 12.1 Å². The fourth-order valence-electron chi connectivity index (χ4n) is 3.38. The summed E-state index contributed by atoms with van der Waals surface area (Å²) in [6.07, 6.45) is 0.678. The lowest BCUT2D eigenvalue weighted by Gasteiger charge is -2.11.